The van der Waals surface area contributed by atoms with Gasteiger partial charge in [-0.05, 0) is 6.92 Å². The second kappa shape index (κ2) is 9.15. The van der Waals surface area contributed by atoms with Crippen molar-refractivity contribution in [3.8, 4) is 0 Å². The summed E-state index contributed by atoms with van der Waals surface area (Å²) in [5.74, 6) is -2.95. The van der Waals surface area contributed by atoms with Gasteiger partial charge in [0.15, 0.2) is 0 Å². The summed E-state index contributed by atoms with van der Waals surface area (Å²) in [5.41, 5.74) is 5.34. The molecule has 0 aliphatic rings. The summed E-state index contributed by atoms with van der Waals surface area (Å²) in [7, 11) is 0. The summed E-state index contributed by atoms with van der Waals surface area (Å²) in [6, 6.07) is -1.70. The normalized spacial score (nSPS) is 12.9. The Balaban J connectivity index is 4.19. The maximum atomic E-state index is 11.7. The predicted molar refractivity (Wildman–Crippen MR) is 73.1 cm³/mol. The van der Waals surface area contributed by atoms with E-state index in [9.17, 15) is 19.2 Å². The van der Waals surface area contributed by atoms with Crippen LogP contribution in [0.1, 0.15) is 6.92 Å². The molecular weight excluding hydrogens is 288 g/mol. The van der Waals surface area contributed by atoms with Crippen LogP contribution in [0.15, 0.2) is 0 Å². The molecule has 0 saturated heterocycles. The Morgan fingerprint density at radius 3 is 2.20 bits per heavy atom. The van der Waals surface area contributed by atoms with E-state index in [1.807, 2.05) is 0 Å². The molecule has 0 fully saturated rings. The van der Waals surface area contributed by atoms with Gasteiger partial charge >= 0.3 is 5.97 Å². The molecule has 0 spiro atoms. The van der Waals surface area contributed by atoms with Crippen LogP contribution in [-0.4, -0.2) is 59.7 Å². The summed E-state index contributed by atoms with van der Waals surface area (Å²) in [6.07, 6.45) is 0. The zero-order valence-electron chi connectivity index (χ0n) is 10.9. The summed E-state index contributed by atoms with van der Waals surface area (Å²) in [6.45, 7) is 0.527. The maximum Gasteiger partial charge on any atom is 0.322 e. The van der Waals surface area contributed by atoms with Crippen LogP contribution in [0.3, 0.4) is 0 Å². The van der Waals surface area contributed by atoms with Crippen LogP contribution in [-0.2, 0) is 19.2 Å². The number of carbonyl (C=O) groups excluding carboxylic acids is 3. The van der Waals surface area contributed by atoms with Crippen LogP contribution in [0.5, 0.6) is 0 Å². The van der Waals surface area contributed by atoms with E-state index in [1.54, 1.807) is 0 Å². The van der Waals surface area contributed by atoms with E-state index in [1.165, 1.54) is 6.92 Å². The second-order valence-corrected chi connectivity index (χ2v) is 4.29. The van der Waals surface area contributed by atoms with Gasteiger partial charge in [-0.3, -0.25) is 19.2 Å². The molecule has 2 unspecified atom stereocenters. The largest absolute Gasteiger partial charge is 0.480 e. The molecule has 0 rings (SSSR count). The average Bonchev–Trinajstić information content (AvgIpc) is 2.39. The van der Waals surface area contributed by atoms with E-state index in [0.29, 0.717) is 0 Å². The molecule has 0 bridgehead atoms. The smallest absolute Gasteiger partial charge is 0.322 e. The van der Waals surface area contributed by atoms with Gasteiger partial charge in [0.05, 0.1) is 12.6 Å². The minimum Gasteiger partial charge on any atom is -0.480 e. The van der Waals surface area contributed by atoms with E-state index in [-0.39, 0.29) is 5.75 Å². The molecule has 2 atom stereocenters. The van der Waals surface area contributed by atoms with Crippen molar-refractivity contribution in [1.82, 2.24) is 16.0 Å². The first-order chi connectivity index (χ1) is 9.27. The van der Waals surface area contributed by atoms with Gasteiger partial charge in [-0.2, -0.15) is 12.6 Å². The molecule has 0 radical (unpaired) electrons. The van der Waals surface area contributed by atoms with Crippen molar-refractivity contribution in [2.24, 2.45) is 5.73 Å². The SMILES string of the molecule is CC(N)C(=O)NC(CS)C(=O)NCC(=O)NCC(=O)O. The molecule has 3 amide bonds. The number of rotatable bonds is 8. The Kier molecular flexibility index (Phi) is 8.32. The van der Waals surface area contributed by atoms with Gasteiger partial charge in [-0.15, -0.1) is 0 Å². The number of carbonyl (C=O) groups is 4. The number of carboxylic acids is 1. The van der Waals surface area contributed by atoms with Crippen LogP contribution < -0.4 is 21.7 Å². The number of amides is 3. The Bertz CT molecular complexity index is 388. The van der Waals surface area contributed by atoms with Crippen LogP contribution in [0.4, 0.5) is 0 Å². The number of aliphatic carboxylic acids is 1. The molecule has 9 nitrogen and oxygen atoms in total. The van der Waals surface area contributed by atoms with E-state index in [4.69, 9.17) is 10.8 Å². The highest BCUT2D eigenvalue weighted by Crippen LogP contribution is 1.90. The first kappa shape index (κ1) is 18.2. The molecule has 114 valence electrons. The molecule has 0 aromatic rings. The summed E-state index contributed by atoms with van der Waals surface area (Å²) in [5, 5.41) is 15.0. The van der Waals surface area contributed by atoms with Gasteiger partial charge in [-0.1, -0.05) is 0 Å². The monoisotopic (exact) mass is 306 g/mol. The van der Waals surface area contributed by atoms with Crippen LogP contribution in [0, 0.1) is 0 Å². The van der Waals surface area contributed by atoms with E-state index < -0.39 is 48.9 Å². The minimum atomic E-state index is -1.19. The van der Waals surface area contributed by atoms with Crippen molar-refractivity contribution in [2.45, 2.75) is 19.0 Å². The topological polar surface area (TPSA) is 151 Å². The zero-order chi connectivity index (χ0) is 15.7. The van der Waals surface area contributed by atoms with Crippen molar-refractivity contribution in [2.75, 3.05) is 18.8 Å². The number of nitrogens with one attached hydrogen (secondary N) is 3. The van der Waals surface area contributed by atoms with Crippen molar-refractivity contribution in [1.29, 1.82) is 0 Å². The van der Waals surface area contributed by atoms with E-state index in [0.717, 1.165) is 0 Å². The van der Waals surface area contributed by atoms with Crippen molar-refractivity contribution < 1.29 is 24.3 Å². The highest BCUT2D eigenvalue weighted by Gasteiger charge is 2.21. The molecule has 0 aromatic carbocycles. The fourth-order valence-corrected chi connectivity index (χ4v) is 1.28. The molecule has 10 heteroatoms. The number of nitrogens with two attached hydrogens (primary N) is 1. The first-order valence-electron chi connectivity index (χ1n) is 5.71. The summed E-state index contributed by atoms with van der Waals surface area (Å²) < 4.78 is 0. The van der Waals surface area contributed by atoms with Crippen LogP contribution >= 0.6 is 12.6 Å². The Hall–Kier alpha value is -1.81. The quantitative estimate of drug-likeness (QED) is 0.264. The lowest BCUT2D eigenvalue weighted by Crippen LogP contribution is -2.53. The second-order valence-electron chi connectivity index (χ2n) is 3.92. The van der Waals surface area contributed by atoms with Crippen molar-refractivity contribution >= 4 is 36.3 Å². The molecular formula is C10H18N4O5S. The number of hydrogen-bond donors (Lipinski definition) is 6. The molecule has 20 heavy (non-hydrogen) atoms. The van der Waals surface area contributed by atoms with Crippen molar-refractivity contribution in [3.63, 3.8) is 0 Å². The lowest BCUT2D eigenvalue weighted by Gasteiger charge is -2.17. The summed E-state index contributed by atoms with van der Waals surface area (Å²) in [4.78, 5) is 44.4. The highest BCUT2D eigenvalue weighted by atomic mass is 32.1. The fourth-order valence-electron chi connectivity index (χ4n) is 1.02. The molecule has 0 heterocycles. The lowest BCUT2D eigenvalue weighted by molar-refractivity contribution is -0.138. The van der Waals surface area contributed by atoms with Crippen LogP contribution in [0.2, 0.25) is 0 Å². The van der Waals surface area contributed by atoms with Gasteiger partial charge in [0, 0.05) is 5.75 Å². The third-order valence-electron chi connectivity index (χ3n) is 2.09. The van der Waals surface area contributed by atoms with Gasteiger partial charge < -0.3 is 26.8 Å². The summed E-state index contributed by atoms with van der Waals surface area (Å²) >= 11 is 3.92. The number of thiol groups is 1. The Morgan fingerprint density at radius 1 is 1.15 bits per heavy atom. The number of hydrogen-bond acceptors (Lipinski definition) is 6. The molecule has 0 saturated carbocycles. The van der Waals surface area contributed by atoms with Gasteiger partial charge in [-0.25, -0.2) is 0 Å². The van der Waals surface area contributed by atoms with E-state index in [2.05, 4.69) is 28.6 Å². The maximum absolute atomic E-state index is 11.7. The zero-order valence-corrected chi connectivity index (χ0v) is 11.8. The average molecular weight is 306 g/mol. The molecule has 0 aliphatic carbocycles. The Labute approximate surface area is 121 Å². The lowest BCUT2D eigenvalue weighted by atomic mass is 10.2. The van der Waals surface area contributed by atoms with Gasteiger partial charge in [0.25, 0.3) is 0 Å². The number of carboxylic acid groups (broad SMARTS) is 1. The van der Waals surface area contributed by atoms with Gasteiger partial charge in [0.1, 0.15) is 12.6 Å². The third kappa shape index (κ3) is 7.59. The standard InChI is InChI=1S/C10H18N4O5S/c1-5(11)9(18)14-6(4-20)10(19)13-2-7(15)12-3-8(16)17/h5-6,20H,2-4,11H2,1H3,(H,12,15)(H,13,19)(H,14,18)(H,16,17). The fraction of sp³-hybridized carbons (Fsp3) is 0.600. The molecule has 0 aliphatic heterocycles. The third-order valence-corrected chi connectivity index (χ3v) is 2.45. The molecule has 6 N–H and O–H groups in total. The minimum absolute atomic E-state index is 0.0288. The van der Waals surface area contributed by atoms with Crippen molar-refractivity contribution in [3.05, 3.63) is 0 Å². The van der Waals surface area contributed by atoms with Crippen LogP contribution in [0.25, 0.3) is 0 Å². The molecule has 0 aromatic heterocycles. The highest BCUT2D eigenvalue weighted by molar-refractivity contribution is 7.80. The van der Waals surface area contributed by atoms with E-state index >= 15 is 0 Å². The Morgan fingerprint density at radius 2 is 1.75 bits per heavy atom. The van der Waals surface area contributed by atoms with Gasteiger partial charge in [0.2, 0.25) is 17.7 Å². The predicted octanol–water partition coefficient (Wildman–Crippen LogP) is -2.93. The first-order valence-corrected chi connectivity index (χ1v) is 6.34.